The summed E-state index contributed by atoms with van der Waals surface area (Å²) in [7, 11) is 0. The zero-order valence-electron chi connectivity index (χ0n) is 14.6. The highest BCUT2D eigenvalue weighted by molar-refractivity contribution is 5.90. The Morgan fingerprint density at radius 1 is 1.12 bits per heavy atom. The Kier molecular flexibility index (Phi) is 5.82. The van der Waals surface area contributed by atoms with Crippen LogP contribution in [0.5, 0.6) is 5.75 Å². The van der Waals surface area contributed by atoms with Gasteiger partial charge in [0.05, 0.1) is 24.5 Å². The Labute approximate surface area is 152 Å². The van der Waals surface area contributed by atoms with E-state index in [-0.39, 0.29) is 6.03 Å². The van der Waals surface area contributed by atoms with Crippen molar-refractivity contribution in [1.29, 1.82) is 0 Å². The molecule has 134 valence electrons. The van der Waals surface area contributed by atoms with Crippen molar-refractivity contribution in [3.8, 4) is 17.1 Å². The van der Waals surface area contributed by atoms with Crippen LogP contribution in [0.1, 0.15) is 6.92 Å². The predicted octanol–water partition coefficient (Wildman–Crippen LogP) is 3.17. The van der Waals surface area contributed by atoms with E-state index < -0.39 is 0 Å². The van der Waals surface area contributed by atoms with E-state index in [9.17, 15) is 4.79 Å². The molecule has 3 rings (SSSR count). The summed E-state index contributed by atoms with van der Waals surface area (Å²) in [5.41, 5.74) is 2.27. The van der Waals surface area contributed by atoms with E-state index in [0.717, 1.165) is 11.4 Å². The zero-order chi connectivity index (χ0) is 18.2. The van der Waals surface area contributed by atoms with E-state index >= 15 is 0 Å². The smallest absolute Gasteiger partial charge is 0.319 e. The van der Waals surface area contributed by atoms with E-state index in [4.69, 9.17) is 4.74 Å². The van der Waals surface area contributed by atoms with Crippen molar-refractivity contribution in [1.82, 2.24) is 20.1 Å². The summed E-state index contributed by atoms with van der Waals surface area (Å²) >= 11 is 0. The normalized spacial score (nSPS) is 10.3. The van der Waals surface area contributed by atoms with Crippen LogP contribution in [0.25, 0.3) is 11.4 Å². The molecular formula is C19H21N5O2. The standard InChI is InChI=1S/C19H21N5O2/c1-2-26-18-9-4-3-8-17(18)22-19(25)21-12-14-24-13-10-16(23-24)15-7-5-6-11-20-15/h3-11,13H,2,12,14H2,1H3,(H2,21,22,25). The minimum atomic E-state index is -0.283. The van der Waals surface area contributed by atoms with Gasteiger partial charge in [-0.05, 0) is 37.3 Å². The maximum absolute atomic E-state index is 12.1. The van der Waals surface area contributed by atoms with Crippen LogP contribution >= 0.6 is 0 Å². The summed E-state index contributed by atoms with van der Waals surface area (Å²) in [5, 5.41) is 10.1. The number of aromatic nitrogens is 3. The second-order valence-corrected chi connectivity index (χ2v) is 5.49. The summed E-state index contributed by atoms with van der Waals surface area (Å²) in [6, 6.07) is 14.7. The number of anilines is 1. The van der Waals surface area contributed by atoms with Crippen LogP contribution in [0, 0.1) is 0 Å². The second kappa shape index (κ2) is 8.66. The van der Waals surface area contributed by atoms with Crippen molar-refractivity contribution in [3.63, 3.8) is 0 Å². The topological polar surface area (TPSA) is 81.1 Å². The third kappa shape index (κ3) is 4.60. The molecule has 1 aromatic carbocycles. The van der Waals surface area contributed by atoms with Gasteiger partial charge in [0.2, 0.25) is 0 Å². The largest absolute Gasteiger partial charge is 0.492 e. The lowest BCUT2D eigenvalue weighted by atomic mass is 10.3. The summed E-state index contributed by atoms with van der Waals surface area (Å²) in [4.78, 5) is 16.3. The average molecular weight is 351 g/mol. The number of para-hydroxylation sites is 2. The number of rotatable bonds is 7. The van der Waals surface area contributed by atoms with Gasteiger partial charge in [-0.3, -0.25) is 9.67 Å². The van der Waals surface area contributed by atoms with Gasteiger partial charge < -0.3 is 15.4 Å². The third-order valence-corrected chi connectivity index (χ3v) is 3.63. The van der Waals surface area contributed by atoms with E-state index in [0.29, 0.717) is 31.1 Å². The van der Waals surface area contributed by atoms with E-state index in [1.807, 2.05) is 55.6 Å². The lowest BCUT2D eigenvalue weighted by molar-refractivity contribution is 0.251. The average Bonchev–Trinajstić information content (AvgIpc) is 3.13. The van der Waals surface area contributed by atoms with E-state index in [1.54, 1.807) is 16.9 Å². The van der Waals surface area contributed by atoms with Crippen molar-refractivity contribution in [2.24, 2.45) is 0 Å². The van der Waals surface area contributed by atoms with Crippen molar-refractivity contribution >= 4 is 11.7 Å². The number of nitrogens with one attached hydrogen (secondary N) is 2. The highest BCUT2D eigenvalue weighted by atomic mass is 16.5. The number of hydrogen-bond donors (Lipinski definition) is 2. The molecule has 0 aliphatic heterocycles. The van der Waals surface area contributed by atoms with Crippen LogP contribution in [0.3, 0.4) is 0 Å². The number of urea groups is 1. The van der Waals surface area contributed by atoms with Gasteiger partial charge in [0.25, 0.3) is 0 Å². The molecule has 0 radical (unpaired) electrons. The molecule has 0 bridgehead atoms. The molecule has 0 atom stereocenters. The summed E-state index contributed by atoms with van der Waals surface area (Å²) in [6.07, 6.45) is 3.61. The summed E-state index contributed by atoms with van der Waals surface area (Å²) < 4.78 is 7.27. The number of amides is 2. The monoisotopic (exact) mass is 351 g/mol. The fourth-order valence-corrected chi connectivity index (χ4v) is 2.44. The first-order valence-corrected chi connectivity index (χ1v) is 8.48. The molecule has 3 aromatic rings. The first-order valence-electron chi connectivity index (χ1n) is 8.48. The molecule has 0 spiro atoms. The van der Waals surface area contributed by atoms with Crippen LogP contribution in [0.15, 0.2) is 60.9 Å². The zero-order valence-corrected chi connectivity index (χ0v) is 14.6. The Morgan fingerprint density at radius 3 is 2.77 bits per heavy atom. The van der Waals surface area contributed by atoms with Gasteiger partial charge in [-0.15, -0.1) is 0 Å². The first-order chi connectivity index (χ1) is 12.8. The predicted molar refractivity (Wildman–Crippen MR) is 100 cm³/mol. The Morgan fingerprint density at radius 2 is 1.96 bits per heavy atom. The van der Waals surface area contributed by atoms with Gasteiger partial charge in [0.1, 0.15) is 11.4 Å². The lowest BCUT2D eigenvalue weighted by Crippen LogP contribution is -2.31. The molecule has 0 aliphatic carbocycles. The maximum Gasteiger partial charge on any atom is 0.319 e. The van der Waals surface area contributed by atoms with Crippen LogP contribution in [0.4, 0.5) is 10.5 Å². The molecule has 0 unspecified atom stereocenters. The van der Waals surface area contributed by atoms with Crippen LogP contribution < -0.4 is 15.4 Å². The molecule has 0 saturated heterocycles. The number of benzene rings is 1. The molecular weight excluding hydrogens is 330 g/mol. The minimum Gasteiger partial charge on any atom is -0.492 e. The van der Waals surface area contributed by atoms with Gasteiger partial charge in [0.15, 0.2) is 0 Å². The Hall–Kier alpha value is -3.35. The number of carbonyl (C=O) groups excluding carboxylic acids is 1. The molecule has 2 amide bonds. The molecule has 7 heteroatoms. The Balaban J connectivity index is 1.49. The van der Waals surface area contributed by atoms with Gasteiger partial charge >= 0.3 is 6.03 Å². The molecule has 26 heavy (non-hydrogen) atoms. The second-order valence-electron chi connectivity index (χ2n) is 5.49. The van der Waals surface area contributed by atoms with Crippen LogP contribution in [-0.4, -0.2) is 33.9 Å². The molecule has 2 aromatic heterocycles. The molecule has 2 N–H and O–H groups in total. The van der Waals surface area contributed by atoms with Gasteiger partial charge in [-0.25, -0.2) is 4.79 Å². The van der Waals surface area contributed by atoms with Crippen LogP contribution in [0.2, 0.25) is 0 Å². The highest BCUT2D eigenvalue weighted by Crippen LogP contribution is 2.23. The van der Waals surface area contributed by atoms with Crippen molar-refractivity contribution < 1.29 is 9.53 Å². The SMILES string of the molecule is CCOc1ccccc1NC(=O)NCCn1ccc(-c2ccccn2)n1. The first kappa shape index (κ1) is 17.5. The fourth-order valence-electron chi connectivity index (χ4n) is 2.44. The third-order valence-electron chi connectivity index (χ3n) is 3.63. The van der Waals surface area contributed by atoms with Crippen molar-refractivity contribution in [3.05, 3.63) is 60.9 Å². The number of hydrogen-bond acceptors (Lipinski definition) is 4. The molecule has 2 heterocycles. The highest BCUT2D eigenvalue weighted by Gasteiger charge is 2.07. The van der Waals surface area contributed by atoms with E-state index in [2.05, 4.69) is 20.7 Å². The number of ether oxygens (including phenoxy) is 1. The maximum atomic E-state index is 12.1. The molecule has 7 nitrogen and oxygen atoms in total. The summed E-state index contributed by atoms with van der Waals surface area (Å²) in [6.45, 7) is 3.46. The van der Waals surface area contributed by atoms with E-state index in [1.165, 1.54) is 0 Å². The van der Waals surface area contributed by atoms with Crippen LogP contribution in [-0.2, 0) is 6.54 Å². The quantitative estimate of drug-likeness (QED) is 0.685. The molecule has 0 fully saturated rings. The number of pyridine rings is 1. The van der Waals surface area contributed by atoms with Crippen molar-refractivity contribution in [2.45, 2.75) is 13.5 Å². The Bertz CT molecular complexity index is 848. The fraction of sp³-hybridized carbons (Fsp3) is 0.211. The molecule has 0 saturated carbocycles. The number of nitrogens with zero attached hydrogens (tertiary/aromatic N) is 3. The lowest BCUT2D eigenvalue weighted by Gasteiger charge is -2.12. The minimum absolute atomic E-state index is 0.283. The molecule has 0 aliphatic rings. The number of carbonyl (C=O) groups is 1. The summed E-state index contributed by atoms with van der Waals surface area (Å²) in [5.74, 6) is 0.650. The van der Waals surface area contributed by atoms with Crippen molar-refractivity contribution in [2.75, 3.05) is 18.5 Å². The van der Waals surface area contributed by atoms with Gasteiger partial charge in [-0.1, -0.05) is 18.2 Å². The van der Waals surface area contributed by atoms with Gasteiger partial charge in [0, 0.05) is 18.9 Å². The van der Waals surface area contributed by atoms with Gasteiger partial charge in [-0.2, -0.15) is 5.10 Å².